The summed E-state index contributed by atoms with van der Waals surface area (Å²) in [6.45, 7) is 0. The largest absolute Gasteiger partial charge is 0.477 e. The van der Waals surface area contributed by atoms with Gasteiger partial charge in [-0.2, -0.15) is 0 Å². The summed E-state index contributed by atoms with van der Waals surface area (Å²) in [7, 11) is 0. The van der Waals surface area contributed by atoms with Crippen molar-refractivity contribution in [1.29, 1.82) is 0 Å². The minimum Gasteiger partial charge on any atom is -0.477 e. The first-order chi connectivity index (χ1) is 6.52. The van der Waals surface area contributed by atoms with E-state index >= 15 is 0 Å². The number of carboxylic acids is 1. The van der Waals surface area contributed by atoms with Crippen LogP contribution in [-0.4, -0.2) is 45.2 Å². The van der Waals surface area contributed by atoms with Gasteiger partial charge in [0.2, 0.25) is 5.91 Å². The van der Waals surface area contributed by atoms with Crippen LogP contribution in [0.1, 0.15) is 6.42 Å². The minimum absolute atomic E-state index is 0.166. The van der Waals surface area contributed by atoms with Gasteiger partial charge < -0.3 is 15.9 Å². The van der Waals surface area contributed by atoms with Crippen molar-refractivity contribution >= 4 is 11.9 Å². The lowest BCUT2D eigenvalue weighted by Gasteiger charge is -2.48. The van der Waals surface area contributed by atoms with Crippen LogP contribution in [0.25, 0.3) is 0 Å². The molecule has 2 aliphatic rings. The quantitative estimate of drug-likeness (QED) is 0.434. The van der Waals surface area contributed by atoms with Gasteiger partial charge in [-0.05, 0) is 12.5 Å². The summed E-state index contributed by atoms with van der Waals surface area (Å²) in [5.41, 5.74) is 5.31. The predicted molar refractivity (Wildman–Crippen MR) is 45.0 cm³/mol. The zero-order valence-corrected chi connectivity index (χ0v) is 7.25. The maximum absolute atomic E-state index is 11.2. The molecule has 0 saturated carbocycles. The van der Waals surface area contributed by atoms with Gasteiger partial charge in [0, 0.05) is 0 Å². The van der Waals surface area contributed by atoms with Crippen LogP contribution in [0.5, 0.6) is 0 Å². The highest BCUT2D eigenvalue weighted by Crippen LogP contribution is 2.31. The third-order valence-corrected chi connectivity index (χ3v) is 2.58. The van der Waals surface area contributed by atoms with Gasteiger partial charge in [0.05, 0.1) is 12.1 Å². The van der Waals surface area contributed by atoms with Crippen LogP contribution in [0, 0.1) is 0 Å². The number of carboxylic acid groups (broad SMARTS) is 1. The molecule has 1 saturated heterocycles. The highest BCUT2D eigenvalue weighted by atomic mass is 16.4. The monoisotopic (exact) mass is 198 g/mol. The SMILES string of the molecule is N[C@@H]1C(=O)N2C(C(=O)O)=C[C@@H](O)C[C@H]12. The average Bonchev–Trinajstić information content (AvgIpc) is 2.15. The molecule has 76 valence electrons. The number of aliphatic hydroxyl groups excluding tert-OH is 1. The van der Waals surface area contributed by atoms with Gasteiger partial charge in [0.25, 0.3) is 0 Å². The Labute approximate surface area is 79.6 Å². The standard InChI is InChI=1S/C8H10N2O4/c9-6-4-1-3(11)2-5(8(13)14)10(4)7(6)12/h2-4,6,11H,1,9H2,(H,13,14)/t3-,4+,6-/m0/s1. The van der Waals surface area contributed by atoms with Crippen molar-refractivity contribution < 1.29 is 19.8 Å². The Morgan fingerprint density at radius 1 is 1.64 bits per heavy atom. The lowest BCUT2D eigenvalue weighted by molar-refractivity contribution is -0.153. The van der Waals surface area contributed by atoms with Gasteiger partial charge in [-0.15, -0.1) is 0 Å². The first-order valence-electron chi connectivity index (χ1n) is 4.24. The van der Waals surface area contributed by atoms with E-state index in [0.29, 0.717) is 6.42 Å². The highest BCUT2D eigenvalue weighted by Gasteiger charge is 2.50. The Balaban J connectivity index is 2.32. The lowest BCUT2D eigenvalue weighted by atomic mass is 9.86. The van der Waals surface area contributed by atoms with Crippen LogP contribution >= 0.6 is 0 Å². The molecule has 6 nitrogen and oxygen atoms in total. The molecule has 0 bridgehead atoms. The Hall–Kier alpha value is -1.40. The van der Waals surface area contributed by atoms with Gasteiger partial charge in [0.1, 0.15) is 11.7 Å². The minimum atomic E-state index is -1.21. The fourth-order valence-corrected chi connectivity index (χ4v) is 1.87. The Morgan fingerprint density at radius 2 is 2.29 bits per heavy atom. The number of amides is 1. The maximum Gasteiger partial charge on any atom is 0.352 e. The molecule has 3 atom stereocenters. The third kappa shape index (κ3) is 1.04. The van der Waals surface area contributed by atoms with E-state index < -0.39 is 24.0 Å². The molecule has 2 heterocycles. The number of aliphatic hydroxyl groups is 1. The van der Waals surface area contributed by atoms with Crippen LogP contribution in [0.3, 0.4) is 0 Å². The van der Waals surface area contributed by atoms with Crippen molar-refractivity contribution in [3.63, 3.8) is 0 Å². The molecule has 0 aromatic rings. The molecule has 2 aliphatic heterocycles. The Kier molecular flexibility index (Phi) is 1.83. The average molecular weight is 198 g/mol. The summed E-state index contributed by atoms with van der Waals surface area (Å²) in [4.78, 5) is 23.1. The van der Waals surface area contributed by atoms with E-state index in [9.17, 15) is 14.7 Å². The van der Waals surface area contributed by atoms with Crippen molar-refractivity contribution in [2.75, 3.05) is 0 Å². The van der Waals surface area contributed by atoms with E-state index in [4.69, 9.17) is 10.8 Å². The summed E-state index contributed by atoms with van der Waals surface area (Å²) >= 11 is 0. The van der Waals surface area contributed by atoms with Gasteiger partial charge in [-0.25, -0.2) is 4.79 Å². The zero-order chi connectivity index (χ0) is 10.5. The molecule has 1 fully saturated rings. The molecule has 4 N–H and O–H groups in total. The normalized spacial score (nSPS) is 35.9. The first kappa shape index (κ1) is 9.17. The number of β-lactam (4-membered cyclic amide) rings is 1. The molecule has 0 unspecified atom stereocenters. The van der Waals surface area contributed by atoms with E-state index in [1.807, 2.05) is 0 Å². The highest BCUT2D eigenvalue weighted by molar-refractivity contribution is 5.99. The molecule has 0 aliphatic carbocycles. The van der Waals surface area contributed by atoms with Gasteiger partial charge in [-0.3, -0.25) is 9.69 Å². The molecule has 2 rings (SSSR count). The van der Waals surface area contributed by atoms with Crippen molar-refractivity contribution in [2.24, 2.45) is 5.73 Å². The molecule has 0 radical (unpaired) electrons. The first-order valence-corrected chi connectivity index (χ1v) is 4.24. The summed E-state index contributed by atoms with van der Waals surface area (Å²) in [6, 6.07) is -1.04. The van der Waals surface area contributed by atoms with Crippen molar-refractivity contribution in [3.05, 3.63) is 11.8 Å². The van der Waals surface area contributed by atoms with Crippen LogP contribution in [-0.2, 0) is 9.59 Å². The number of nitrogens with zero attached hydrogens (tertiary/aromatic N) is 1. The number of fused-ring (bicyclic) bond motifs is 1. The molecular formula is C8H10N2O4. The predicted octanol–water partition coefficient (Wildman–Crippen LogP) is -1.74. The van der Waals surface area contributed by atoms with Gasteiger partial charge in [0.15, 0.2) is 0 Å². The van der Waals surface area contributed by atoms with Gasteiger partial charge >= 0.3 is 5.97 Å². The van der Waals surface area contributed by atoms with E-state index in [1.54, 1.807) is 0 Å². The number of carbonyl (C=O) groups is 2. The second kappa shape index (κ2) is 2.79. The molecule has 6 heteroatoms. The van der Waals surface area contributed by atoms with Gasteiger partial charge in [-0.1, -0.05) is 0 Å². The summed E-state index contributed by atoms with van der Waals surface area (Å²) in [5.74, 6) is -1.61. The van der Waals surface area contributed by atoms with Crippen molar-refractivity contribution in [1.82, 2.24) is 4.90 Å². The second-order valence-corrected chi connectivity index (χ2v) is 3.46. The molecule has 14 heavy (non-hydrogen) atoms. The van der Waals surface area contributed by atoms with Crippen molar-refractivity contribution in [2.45, 2.75) is 24.6 Å². The Morgan fingerprint density at radius 3 is 2.86 bits per heavy atom. The fourth-order valence-electron chi connectivity index (χ4n) is 1.87. The second-order valence-electron chi connectivity index (χ2n) is 3.46. The molecule has 0 aromatic heterocycles. The number of aliphatic carboxylic acids is 1. The van der Waals surface area contributed by atoms with E-state index in [-0.39, 0.29) is 11.7 Å². The summed E-state index contributed by atoms with van der Waals surface area (Å²) < 4.78 is 0. The summed E-state index contributed by atoms with van der Waals surface area (Å²) in [6.07, 6.45) is 0.647. The smallest absolute Gasteiger partial charge is 0.352 e. The number of nitrogens with two attached hydrogens (primary N) is 1. The topological polar surface area (TPSA) is 104 Å². The Bertz CT molecular complexity index is 338. The third-order valence-electron chi connectivity index (χ3n) is 2.58. The van der Waals surface area contributed by atoms with E-state index in [1.165, 1.54) is 6.08 Å². The number of hydrogen-bond acceptors (Lipinski definition) is 4. The lowest BCUT2D eigenvalue weighted by Crippen LogP contribution is -2.70. The molecule has 1 amide bonds. The molecular weight excluding hydrogens is 188 g/mol. The van der Waals surface area contributed by atoms with Crippen LogP contribution < -0.4 is 5.73 Å². The van der Waals surface area contributed by atoms with Crippen LogP contribution in [0.2, 0.25) is 0 Å². The van der Waals surface area contributed by atoms with Crippen molar-refractivity contribution in [3.8, 4) is 0 Å². The van der Waals surface area contributed by atoms with E-state index in [2.05, 4.69) is 0 Å². The molecule has 0 aromatic carbocycles. The molecule has 0 spiro atoms. The van der Waals surface area contributed by atoms with Crippen LogP contribution in [0.15, 0.2) is 11.8 Å². The zero-order valence-electron chi connectivity index (χ0n) is 7.25. The van der Waals surface area contributed by atoms with Crippen LogP contribution in [0.4, 0.5) is 0 Å². The van der Waals surface area contributed by atoms with E-state index in [0.717, 1.165) is 4.90 Å². The maximum atomic E-state index is 11.2. The number of carbonyl (C=O) groups excluding carboxylic acids is 1. The summed E-state index contributed by atoms with van der Waals surface area (Å²) in [5, 5.41) is 18.1. The number of rotatable bonds is 1. The number of hydrogen-bond donors (Lipinski definition) is 3. The fraction of sp³-hybridized carbons (Fsp3) is 0.500.